The highest BCUT2D eigenvalue weighted by Gasteiger charge is 2.12. The van der Waals surface area contributed by atoms with Crippen LogP contribution < -0.4 is 5.73 Å². The minimum Gasteiger partial charge on any atom is -0.348 e. The Kier molecular flexibility index (Phi) is 3.31. The molecule has 0 aliphatic heterocycles. The second-order valence-corrected chi connectivity index (χ2v) is 2.83. The van der Waals surface area contributed by atoms with Gasteiger partial charge in [0, 0.05) is 18.3 Å². The molecule has 0 radical (unpaired) electrons. The minimum atomic E-state index is -0.469. The molecule has 66 valence electrons. The van der Waals surface area contributed by atoms with E-state index in [0.29, 0.717) is 6.42 Å². The first-order valence-electron chi connectivity index (χ1n) is 3.60. The van der Waals surface area contributed by atoms with Crippen molar-refractivity contribution in [3.05, 3.63) is 18.2 Å². The SMILES string of the molecule is N[C@@H](Cc1cnc[nH]1)C(=O)CS. The van der Waals surface area contributed by atoms with Crippen LogP contribution in [0.2, 0.25) is 0 Å². The van der Waals surface area contributed by atoms with E-state index in [1.807, 2.05) is 0 Å². The van der Waals surface area contributed by atoms with Crippen LogP contribution in [-0.2, 0) is 11.2 Å². The summed E-state index contributed by atoms with van der Waals surface area (Å²) in [6, 6.07) is -0.469. The molecule has 12 heavy (non-hydrogen) atoms. The van der Waals surface area contributed by atoms with Gasteiger partial charge in [-0.2, -0.15) is 12.6 Å². The summed E-state index contributed by atoms with van der Waals surface area (Å²) in [6.07, 6.45) is 3.72. The molecule has 0 saturated heterocycles. The number of Topliss-reactive ketones (excluding diaryl/α,β-unsaturated/α-hetero) is 1. The van der Waals surface area contributed by atoms with Gasteiger partial charge in [-0.1, -0.05) is 0 Å². The average molecular weight is 185 g/mol. The van der Waals surface area contributed by atoms with Gasteiger partial charge in [0.05, 0.1) is 18.1 Å². The molecule has 0 bridgehead atoms. The van der Waals surface area contributed by atoms with E-state index in [1.54, 1.807) is 12.5 Å². The predicted molar refractivity (Wildman–Crippen MR) is 49.1 cm³/mol. The first kappa shape index (κ1) is 9.28. The van der Waals surface area contributed by atoms with Gasteiger partial charge < -0.3 is 10.7 Å². The second-order valence-electron chi connectivity index (χ2n) is 2.51. The molecule has 0 aliphatic carbocycles. The number of hydrogen-bond donors (Lipinski definition) is 3. The maximum absolute atomic E-state index is 11.0. The van der Waals surface area contributed by atoms with E-state index in [4.69, 9.17) is 5.73 Å². The first-order chi connectivity index (χ1) is 5.74. The Morgan fingerprint density at radius 1 is 1.83 bits per heavy atom. The molecule has 1 atom stereocenters. The number of hydrogen-bond acceptors (Lipinski definition) is 4. The molecule has 1 aromatic heterocycles. The lowest BCUT2D eigenvalue weighted by molar-refractivity contribution is -0.117. The zero-order valence-corrected chi connectivity index (χ0v) is 7.42. The molecule has 1 heterocycles. The van der Waals surface area contributed by atoms with Crippen molar-refractivity contribution in [1.82, 2.24) is 9.97 Å². The third kappa shape index (κ3) is 2.35. The van der Waals surface area contributed by atoms with E-state index in [1.165, 1.54) is 0 Å². The Morgan fingerprint density at radius 2 is 2.58 bits per heavy atom. The van der Waals surface area contributed by atoms with E-state index in [0.717, 1.165) is 5.69 Å². The van der Waals surface area contributed by atoms with Gasteiger partial charge >= 0.3 is 0 Å². The molecule has 5 heteroatoms. The molecule has 0 amide bonds. The number of rotatable bonds is 4. The van der Waals surface area contributed by atoms with Crippen molar-refractivity contribution in [3.63, 3.8) is 0 Å². The summed E-state index contributed by atoms with van der Waals surface area (Å²) in [5.74, 6) is 0.142. The molecule has 0 spiro atoms. The number of nitrogens with one attached hydrogen (secondary N) is 1. The van der Waals surface area contributed by atoms with Gasteiger partial charge in [0.25, 0.3) is 0 Å². The van der Waals surface area contributed by atoms with E-state index in [-0.39, 0.29) is 11.5 Å². The fraction of sp³-hybridized carbons (Fsp3) is 0.429. The molecule has 0 saturated carbocycles. The molecule has 0 unspecified atom stereocenters. The third-order valence-electron chi connectivity index (χ3n) is 1.56. The van der Waals surface area contributed by atoms with Crippen LogP contribution in [0.1, 0.15) is 5.69 Å². The molecule has 3 N–H and O–H groups in total. The summed E-state index contributed by atoms with van der Waals surface area (Å²) in [7, 11) is 0. The largest absolute Gasteiger partial charge is 0.348 e. The average Bonchev–Trinajstić information content (AvgIpc) is 2.55. The Balaban J connectivity index is 2.47. The normalized spacial score (nSPS) is 12.8. The van der Waals surface area contributed by atoms with Crippen molar-refractivity contribution in [3.8, 4) is 0 Å². The van der Waals surface area contributed by atoms with Gasteiger partial charge in [0.2, 0.25) is 0 Å². The highest BCUT2D eigenvalue weighted by Crippen LogP contribution is 1.97. The number of carbonyl (C=O) groups is 1. The lowest BCUT2D eigenvalue weighted by Gasteiger charge is -2.05. The Hall–Kier alpha value is -0.810. The van der Waals surface area contributed by atoms with Crippen LogP contribution in [0.4, 0.5) is 0 Å². The Bertz CT molecular complexity index is 247. The fourth-order valence-electron chi connectivity index (χ4n) is 0.864. The van der Waals surface area contributed by atoms with Crippen molar-refractivity contribution < 1.29 is 4.79 Å². The maximum Gasteiger partial charge on any atom is 0.159 e. The topological polar surface area (TPSA) is 71.8 Å². The molecule has 0 fully saturated rings. The maximum atomic E-state index is 11.0. The summed E-state index contributed by atoms with van der Waals surface area (Å²) in [6.45, 7) is 0. The van der Waals surface area contributed by atoms with Gasteiger partial charge in [-0.25, -0.2) is 4.98 Å². The van der Waals surface area contributed by atoms with Gasteiger partial charge in [-0.15, -0.1) is 0 Å². The van der Waals surface area contributed by atoms with E-state index in [9.17, 15) is 4.79 Å². The standard InChI is InChI=1S/C7H11N3OS/c8-6(7(11)3-12)1-5-2-9-4-10-5/h2,4,6,12H,1,3,8H2,(H,9,10)/t6-/m0/s1. The molecular formula is C7H11N3OS. The Morgan fingerprint density at radius 3 is 3.08 bits per heavy atom. The number of aromatic amines is 1. The highest BCUT2D eigenvalue weighted by atomic mass is 32.1. The molecule has 4 nitrogen and oxygen atoms in total. The van der Waals surface area contributed by atoms with Crippen LogP contribution in [0, 0.1) is 0 Å². The Labute approximate surface area is 76.0 Å². The number of imidazole rings is 1. The van der Waals surface area contributed by atoms with Gasteiger partial charge in [0.1, 0.15) is 0 Å². The van der Waals surface area contributed by atoms with E-state index < -0.39 is 6.04 Å². The predicted octanol–water partition coefficient (Wildman–Crippen LogP) is -0.222. The fourth-order valence-corrected chi connectivity index (χ4v) is 1.10. The van der Waals surface area contributed by atoms with Gasteiger partial charge in [-0.3, -0.25) is 4.79 Å². The summed E-state index contributed by atoms with van der Waals surface area (Å²) in [4.78, 5) is 17.7. The summed E-state index contributed by atoms with van der Waals surface area (Å²) in [5.41, 5.74) is 6.45. The monoisotopic (exact) mass is 185 g/mol. The van der Waals surface area contributed by atoms with Gasteiger partial charge in [0.15, 0.2) is 5.78 Å². The summed E-state index contributed by atoms with van der Waals surface area (Å²) in [5, 5.41) is 0. The first-order valence-corrected chi connectivity index (χ1v) is 4.23. The molecule has 1 rings (SSSR count). The second kappa shape index (κ2) is 4.27. The van der Waals surface area contributed by atoms with E-state index >= 15 is 0 Å². The van der Waals surface area contributed by atoms with Crippen LogP contribution in [0.15, 0.2) is 12.5 Å². The zero-order valence-electron chi connectivity index (χ0n) is 6.53. The molecule has 0 aliphatic rings. The van der Waals surface area contributed by atoms with Crippen LogP contribution in [0.3, 0.4) is 0 Å². The summed E-state index contributed by atoms with van der Waals surface area (Å²) < 4.78 is 0. The molecule has 1 aromatic rings. The molecule has 0 aromatic carbocycles. The zero-order chi connectivity index (χ0) is 8.97. The highest BCUT2D eigenvalue weighted by molar-refractivity contribution is 7.81. The number of H-pyrrole nitrogens is 1. The smallest absolute Gasteiger partial charge is 0.159 e. The summed E-state index contributed by atoms with van der Waals surface area (Å²) >= 11 is 3.85. The quantitative estimate of drug-likeness (QED) is 0.568. The number of nitrogens with two attached hydrogens (primary N) is 1. The third-order valence-corrected chi connectivity index (χ3v) is 1.88. The van der Waals surface area contributed by atoms with Crippen molar-refractivity contribution in [2.24, 2.45) is 5.73 Å². The van der Waals surface area contributed by atoms with Crippen molar-refractivity contribution in [2.45, 2.75) is 12.5 Å². The van der Waals surface area contributed by atoms with Crippen molar-refractivity contribution in [1.29, 1.82) is 0 Å². The number of nitrogens with zero attached hydrogens (tertiary/aromatic N) is 1. The van der Waals surface area contributed by atoms with Crippen molar-refractivity contribution >= 4 is 18.4 Å². The van der Waals surface area contributed by atoms with Crippen LogP contribution in [-0.4, -0.2) is 27.5 Å². The van der Waals surface area contributed by atoms with Crippen LogP contribution >= 0.6 is 12.6 Å². The lowest BCUT2D eigenvalue weighted by atomic mass is 10.1. The van der Waals surface area contributed by atoms with Crippen LogP contribution in [0.25, 0.3) is 0 Å². The number of ketones is 1. The van der Waals surface area contributed by atoms with Crippen LogP contribution in [0.5, 0.6) is 0 Å². The number of thiol groups is 1. The number of aromatic nitrogens is 2. The van der Waals surface area contributed by atoms with Crippen molar-refractivity contribution in [2.75, 3.05) is 5.75 Å². The number of carbonyl (C=O) groups excluding carboxylic acids is 1. The van der Waals surface area contributed by atoms with E-state index in [2.05, 4.69) is 22.6 Å². The molecular weight excluding hydrogens is 174 g/mol. The lowest BCUT2D eigenvalue weighted by Crippen LogP contribution is -2.33. The minimum absolute atomic E-state index is 0.0482. The van der Waals surface area contributed by atoms with Gasteiger partial charge in [-0.05, 0) is 0 Å².